The SMILES string of the molecule is CCC(=O)N1CCC(c2cc(Cl)ccc2OC)CC1. The number of nitrogens with zero attached hydrogens (tertiary/aromatic N) is 1. The van der Waals surface area contributed by atoms with Crippen molar-refractivity contribution in [2.45, 2.75) is 32.1 Å². The highest BCUT2D eigenvalue weighted by atomic mass is 35.5. The number of likely N-dealkylation sites (tertiary alicyclic amines) is 1. The number of halogens is 1. The normalized spacial score (nSPS) is 16.5. The number of hydrogen-bond acceptors (Lipinski definition) is 2. The van der Waals surface area contributed by atoms with Gasteiger partial charge in [-0.3, -0.25) is 4.79 Å². The minimum Gasteiger partial charge on any atom is -0.496 e. The Labute approximate surface area is 119 Å². The highest BCUT2D eigenvalue weighted by Gasteiger charge is 2.25. The van der Waals surface area contributed by atoms with Crippen molar-refractivity contribution < 1.29 is 9.53 Å². The molecule has 1 saturated heterocycles. The van der Waals surface area contributed by atoms with Gasteiger partial charge in [0.25, 0.3) is 0 Å². The van der Waals surface area contributed by atoms with Crippen molar-refractivity contribution in [3.05, 3.63) is 28.8 Å². The van der Waals surface area contributed by atoms with Gasteiger partial charge in [-0.15, -0.1) is 0 Å². The van der Waals surface area contributed by atoms with Crippen molar-refractivity contribution in [3.8, 4) is 5.75 Å². The number of amides is 1. The molecule has 1 aliphatic rings. The number of benzene rings is 1. The van der Waals surface area contributed by atoms with E-state index in [9.17, 15) is 4.79 Å². The second-order valence-corrected chi connectivity index (χ2v) is 5.33. The second kappa shape index (κ2) is 6.29. The summed E-state index contributed by atoms with van der Waals surface area (Å²) in [5, 5.41) is 0.739. The average Bonchev–Trinajstić information content (AvgIpc) is 2.46. The summed E-state index contributed by atoms with van der Waals surface area (Å²) in [5.41, 5.74) is 1.17. The van der Waals surface area contributed by atoms with Gasteiger partial charge in [-0.05, 0) is 42.5 Å². The number of carbonyl (C=O) groups is 1. The molecule has 0 unspecified atom stereocenters. The Bertz CT molecular complexity index is 453. The van der Waals surface area contributed by atoms with E-state index in [-0.39, 0.29) is 5.91 Å². The molecule has 0 saturated carbocycles. The summed E-state index contributed by atoms with van der Waals surface area (Å²) >= 11 is 6.07. The van der Waals surface area contributed by atoms with Crippen LogP contribution in [-0.4, -0.2) is 31.0 Å². The molecule has 1 amide bonds. The Morgan fingerprint density at radius 3 is 2.68 bits per heavy atom. The van der Waals surface area contributed by atoms with E-state index in [1.165, 1.54) is 5.56 Å². The van der Waals surface area contributed by atoms with E-state index in [0.717, 1.165) is 36.7 Å². The summed E-state index contributed by atoms with van der Waals surface area (Å²) in [6.45, 7) is 3.56. The lowest BCUT2D eigenvalue weighted by Crippen LogP contribution is -2.37. The van der Waals surface area contributed by atoms with E-state index < -0.39 is 0 Å². The molecule has 0 aliphatic carbocycles. The molecule has 0 radical (unpaired) electrons. The molecule has 0 N–H and O–H groups in total. The molecule has 1 aromatic carbocycles. The van der Waals surface area contributed by atoms with Crippen LogP contribution >= 0.6 is 11.6 Å². The topological polar surface area (TPSA) is 29.5 Å². The molecule has 1 fully saturated rings. The fourth-order valence-corrected chi connectivity index (χ4v) is 2.87. The molecule has 104 valence electrons. The maximum absolute atomic E-state index is 11.7. The third-order valence-corrected chi connectivity index (χ3v) is 4.02. The maximum atomic E-state index is 11.7. The van der Waals surface area contributed by atoms with E-state index in [0.29, 0.717) is 12.3 Å². The Balaban J connectivity index is 2.09. The van der Waals surface area contributed by atoms with Crippen molar-refractivity contribution in [1.82, 2.24) is 4.90 Å². The Morgan fingerprint density at radius 2 is 2.11 bits per heavy atom. The van der Waals surface area contributed by atoms with Gasteiger partial charge in [-0.2, -0.15) is 0 Å². The third-order valence-electron chi connectivity index (χ3n) is 3.78. The van der Waals surface area contributed by atoms with Gasteiger partial charge in [-0.1, -0.05) is 18.5 Å². The molecule has 0 bridgehead atoms. The van der Waals surface area contributed by atoms with E-state index in [2.05, 4.69) is 0 Å². The quantitative estimate of drug-likeness (QED) is 0.849. The van der Waals surface area contributed by atoms with E-state index >= 15 is 0 Å². The van der Waals surface area contributed by atoms with Crippen molar-refractivity contribution in [2.24, 2.45) is 0 Å². The number of ether oxygens (including phenoxy) is 1. The first kappa shape index (κ1) is 14.2. The molecular formula is C15H20ClNO2. The smallest absolute Gasteiger partial charge is 0.222 e. The lowest BCUT2D eigenvalue weighted by molar-refractivity contribution is -0.131. The molecule has 0 aromatic heterocycles. The molecule has 19 heavy (non-hydrogen) atoms. The zero-order valence-electron chi connectivity index (χ0n) is 11.5. The zero-order chi connectivity index (χ0) is 13.8. The zero-order valence-corrected chi connectivity index (χ0v) is 12.2. The first-order chi connectivity index (χ1) is 9.15. The van der Waals surface area contributed by atoms with Crippen LogP contribution in [0.3, 0.4) is 0 Å². The Hall–Kier alpha value is -1.22. The molecule has 0 spiro atoms. The summed E-state index contributed by atoms with van der Waals surface area (Å²) in [6.07, 6.45) is 2.54. The average molecular weight is 282 g/mol. The molecule has 1 aliphatic heterocycles. The van der Waals surface area contributed by atoms with Crippen LogP contribution in [0.25, 0.3) is 0 Å². The standard InChI is InChI=1S/C15H20ClNO2/c1-3-15(18)17-8-6-11(7-9-17)13-10-12(16)4-5-14(13)19-2/h4-5,10-11H,3,6-9H2,1-2H3. The summed E-state index contributed by atoms with van der Waals surface area (Å²) in [5.74, 6) is 1.57. The van der Waals surface area contributed by atoms with E-state index in [4.69, 9.17) is 16.3 Å². The molecule has 2 rings (SSSR count). The Morgan fingerprint density at radius 1 is 1.42 bits per heavy atom. The van der Waals surface area contributed by atoms with Gasteiger partial charge in [-0.25, -0.2) is 0 Å². The van der Waals surface area contributed by atoms with Gasteiger partial charge in [0.1, 0.15) is 5.75 Å². The third kappa shape index (κ3) is 3.21. The molecule has 1 aromatic rings. The predicted molar refractivity (Wildman–Crippen MR) is 76.9 cm³/mol. The molecular weight excluding hydrogens is 262 g/mol. The van der Waals surface area contributed by atoms with Crippen molar-refractivity contribution in [3.63, 3.8) is 0 Å². The summed E-state index contributed by atoms with van der Waals surface area (Å²) in [6, 6.07) is 5.75. The molecule has 1 heterocycles. The van der Waals surface area contributed by atoms with Crippen LogP contribution in [0.5, 0.6) is 5.75 Å². The van der Waals surface area contributed by atoms with Crippen molar-refractivity contribution >= 4 is 17.5 Å². The monoisotopic (exact) mass is 281 g/mol. The highest BCUT2D eigenvalue weighted by Crippen LogP contribution is 2.35. The maximum Gasteiger partial charge on any atom is 0.222 e. The number of hydrogen-bond donors (Lipinski definition) is 0. The number of carbonyl (C=O) groups excluding carboxylic acids is 1. The Kier molecular flexibility index (Phi) is 4.70. The fourth-order valence-electron chi connectivity index (χ4n) is 2.69. The van der Waals surface area contributed by atoms with Gasteiger partial charge in [0.15, 0.2) is 0 Å². The summed E-state index contributed by atoms with van der Waals surface area (Å²) < 4.78 is 5.41. The van der Waals surface area contributed by atoms with Crippen LogP contribution in [0, 0.1) is 0 Å². The van der Waals surface area contributed by atoms with Crippen LogP contribution in [0.2, 0.25) is 5.02 Å². The van der Waals surface area contributed by atoms with E-state index in [1.54, 1.807) is 7.11 Å². The molecule has 4 heteroatoms. The van der Waals surface area contributed by atoms with Gasteiger partial charge < -0.3 is 9.64 Å². The second-order valence-electron chi connectivity index (χ2n) is 4.89. The lowest BCUT2D eigenvalue weighted by Gasteiger charge is -2.32. The highest BCUT2D eigenvalue weighted by molar-refractivity contribution is 6.30. The van der Waals surface area contributed by atoms with Crippen LogP contribution in [0.15, 0.2) is 18.2 Å². The van der Waals surface area contributed by atoms with E-state index in [1.807, 2.05) is 30.0 Å². The van der Waals surface area contributed by atoms with Crippen LogP contribution < -0.4 is 4.74 Å². The predicted octanol–water partition coefficient (Wildman–Crippen LogP) is 3.46. The first-order valence-corrected chi connectivity index (χ1v) is 7.14. The number of rotatable bonds is 3. The molecule has 0 atom stereocenters. The summed E-state index contributed by atoms with van der Waals surface area (Å²) in [7, 11) is 1.68. The minimum atomic E-state index is 0.247. The van der Waals surface area contributed by atoms with Gasteiger partial charge in [0.2, 0.25) is 5.91 Å². The van der Waals surface area contributed by atoms with Crippen LogP contribution in [-0.2, 0) is 4.79 Å². The van der Waals surface area contributed by atoms with Gasteiger partial charge >= 0.3 is 0 Å². The minimum absolute atomic E-state index is 0.247. The first-order valence-electron chi connectivity index (χ1n) is 6.77. The van der Waals surface area contributed by atoms with Crippen molar-refractivity contribution in [2.75, 3.05) is 20.2 Å². The fraction of sp³-hybridized carbons (Fsp3) is 0.533. The lowest BCUT2D eigenvalue weighted by atomic mass is 9.88. The van der Waals surface area contributed by atoms with Gasteiger partial charge in [0.05, 0.1) is 7.11 Å². The number of methoxy groups -OCH3 is 1. The van der Waals surface area contributed by atoms with Crippen molar-refractivity contribution in [1.29, 1.82) is 0 Å². The van der Waals surface area contributed by atoms with Crippen LogP contribution in [0.4, 0.5) is 0 Å². The van der Waals surface area contributed by atoms with Gasteiger partial charge in [0, 0.05) is 24.5 Å². The largest absolute Gasteiger partial charge is 0.496 e. The van der Waals surface area contributed by atoms with Crippen LogP contribution in [0.1, 0.15) is 37.7 Å². The number of piperidine rings is 1. The molecule has 3 nitrogen and oxygen atoms in total. The summed E-state index contributed by atoms with van der Waals surface area (Å²) in [4.78, 5) is 13.6.